The summed E-state index contributed by atoms with van der Waals surface area (Å²) in [4.78, 5) is 12.5. The Bertz CT molecular complexity index is 444. The SMILES string of the molecule is CCC1CCC(C(=O)O)C(Sc2ccc(OC)cc2)C1. The van der Waals surface area contributed by atoms with E-state index in [1.807, 2.05) is 24.3 Å². The molecule has 0 saturated heterocycles. The summed E-state index contributed by atoms with van der Waals surface area (Å²) in [6.07, 6.45) is 4.00. The number of hydrogen-bond acceptors (Lipinski definition) is 3. The van der Waals surface area contributed by atoms with Gasteiger partial charge in [0, 0.05) is 10.1 Å². The van der Waals surface area contributed by atoms with Gasteiger partial charge in [-0.1, -0.05) is 13.3 Å². The van der Waals surface area contributed by atoms with Gasteiger partial charge in [0.25, 0.3) is 0 Å². The zero-order valence-corrected chi connectivity index (χ0v) is 12.9. The van der Waals surface area contributed by atoms with Crippen molar-refractivity contribution in [3.05, 3.63) is 24.3 Å². The molecule has 4 heteroatoms. The summed E-state index contributed by atoms with van der Waals surface area (Å²) in [5, 5.41) is 9.57. The van der Waals surface area contributed by atoms with E-state index in [0.717, 1.165) is 36.3 Å². The minimum absolute atomic E-state index is 0.180. The first-order valence-corrected chi connectivity index (χ1v) is 8.05. The summed E-state index contributed by atoms with van der Waals surface area (Å²) < 4.78 is 5.15. The van der Waals surface area contributed by atoms with Crippen LogP contribution >= 0.6 is 11.8 Å². The van der Waals surface area contributed by atoms with Crippen LogP contribution < -0.4 is 4.74 Å². The summed E-state index contributed by atoms with van der Waals surface area (Å²) in [5.41, 5.74) is 0. The molecule has 1 fully saturated rings. The molecule has 0 radical (unpaired) electrons. The van der Waals surface area contributed by atoms with Gasteiger partial charge in [-0.3, -0.25) is 4.79 Å². The van der Waals surface area contributed by atoms with Crippen LogP contribution in [0.25, 0.3) is 0 Å². The average Bonchev–Trinajstić information content (AvgIpc) is 2.47. The number of aliphatic carboxylic acids is 1. The predicted molar refractivity (Wildman–Crippen MR) is 81.4 cm³/mol. The molecule has 3 atom stereocenters. The van der Waals surface area contributed by atoms with E-state index in [-0.39, 0.29) is 11.2 Å². The third kappa shape index (κ3) is 3.69. The number of hydrogen-bond donors (Lipinski definition) is 1. The second-order valence-corrected chi connectivity index (χ2v) is 6.68. The van der Waals surface area contributed by atoms with Crippen molar-refractivity contribution in [2.75, 3.05) is 7.11 Å². The number of methoxy groups -OCH3 is 1. The molecular formula is C16H22O3S. The van der Waals surface area contributed by atoms with Crippen LogP contribution in [0.5, 0.6) is 5.75 Å². The lowest BCUT2D eigenvalue weighted by atomic mass is 9.80. The topological polar surface area (TPSA) is 46.5 Å². The van der Waals surface area contributed by atoms with Gasteiger partial charge in [0.15, 0.2) is 0 Å². The summed E-state index contributed by atoms with van der Waals surface area (Å²) in [6.45, 7) is 2.20. The maximum atomic E-state index is 11.4. The van der Waals surface area contributed by atoms with Crippen LogP contribution in [0.15, 0.2) is 29.2 Å². The average molecular weight is 294 g/mol. The molecule has 0 spiro atoms. The summed E-state index contributed by atoms with van der Waals surface area (Å²) >= 11 is 1.70. The van der Waals surface area contributed by atoms with Crippen molar-refractivity contribution in [3.8, 4) is 5.75 Å². The van der Waals surface area contributed by atoms with Gasteiger partial charge < -0.3 is 9.84 Å². The molecule has 1 aliphatic carbocycles. The lowest BCUT2D eigenvalue weighted by molar-refractivity contribution is -0.142. The fourth-order valence-electron chi connectivity index (χ4n) is 2.82. The molecule has 2 rings (SSSR count). The zero-order valence-electron chi connectivity index (χ0n) is 12.0. The van der Waals surface area contributed by atoms with Crippen LogP contribution in [0, 0.1) is 11.8 Å². The highest BCUT2D eigenvalue weighted by Gasteiger charge is 2.35. The predicted octanol–water partition coefficient (Wildman–Crippen LogP) is 4.07. The highest BCUT2D eigenvalue weighted by Crippen LogP contribution is 2.41. The van der Waals surface area contributed by atoms with E-state index in [1.165, 1.54) is 0 Å². The van der Waals surface area contributed by atoms with Gasteiger partial charge in [-0.15, -0.1) is 11.8 Å². The molecule has 0 heterocycles. The number of thioether (sulfide) groups is 1. The quantitative estimate of drug-likeness (QED) is 0.889. The van der Waals surface area contributed by atoms with E-state index in [9.17, 15) is 9.90 Å². The standard InChI is InChI=1S/C16H22O3S/c1-3-11-4-9-14(16(17)18)15(10-11)20-13-7-5-12(19-2)6-8-13/h5-8,11,14-15H,3-4,9-10H2,1-2H3,(H,17,18). The number of ether oxygens (including phenoxy) is 1. The molecule has 3 unspecified atom stereocenters. The minimum Gasteiger partial charge on any atom is -0.497 e. The molecule has 1 saturated carbocycles. The van der Waals surface area contributed by atoms with Crippen molar-refractivity contribution < 1.29 is 14.6 Å². The molecule has 3 nitrogen and oxygen atoms in total. The molecule has 0 bridgehead atoms. The van der Waals surface area contributed by atoms with E-state index in [0.29, 0.717) is 5.92 Å². The third-order valence-corrected chi connectivity index (χ3v) is 5.51. The van der Waals surface area contributed by atoms with Gasteiger partial charge in [-0.05, 0) is 49.4 Å². The first-order valence-electron chi connectivity index (χ1n) is 7.17. The third-order valence-electron chi connectivity index (χ3n) is 4.14. The van der Waals surface area contributed by atoms with Gasteiger partial charge in [0.1, 0.15) is 5.75 Å². The first kappa shape index (κ1) is 15.2. The molecule has 0 aliphatic heterocycles. The number of carbonyl (C=O) groups is 1. The van der Waals surface area contributed by atoms with Crippen molar-refractivity contribution in [3.63, 3.8) is 0 Å². The van der Waals surface area contributed by atoms with Crippen molar-refractivity contribution in [2.24, 2.45) is 11.8 Å². The van der Waals surface area contributed by atoms with E-state index in [1.54, 1.807) is 18.9 Å². The minimum atomic E-state index is -0.648. The fourth-order valence-corrected chi connectivity index (χ4v) is 4.25. The second-order valence-electron chi connectivity index (χ2n) is 5.36. The number of carboxylic acid groups (broad SMARTS) is 1. The molecule has 1 aliphatic rings. The van der Waals surface area contributed by atoms with E-state index in [4.69, 9.17) is 4.74 Å². The van der Waals surface area contributed by atoms with Crippen molar-refractivity contribution in [1.29, 1.82) is 0 Å². The van der Waals surface area contributed by atoms with Gasteiger partial charge in [-0.2, -0.15) is 0 Å². The number of rotatable bonds is 5. The van der Waals surface area contributed by atoms with Crippen LogP contribution in [0.2, 0.25) is 0 Å². The Balaban J connectivity index is 2.07. The van der Waals surface area contributed by atoms with Crippen LogP contribution in [-0.4, -0.2) is 23.4 Å². The normalized spacial score (nSPS) is 26.2. The first-order chi connectivity index (χ1) is 9.63. The maximum Gasteiger partial charge on any atom is 0.307 e. The van der Waals surface area contributed by atoms with Gasteiger partial charge in [-0.25, -0.2) is 0 Å². The largest absolute Gasteiger partial charge is 0.497 e. The Hall–Kier alpha value is -1.16. The van der Waals surface area contributed by atoms with Gasteiger partial charge in [0.2, 0.25) is 0 Å². The monoisotopic (exact) mass is 294 g/mol. The summed E-state index contributed by atoms with van der Waals surface area (Å²) in [7, 11) is 1.65. The molecular weight excluding hydrogens is 272 g/mol. The Kier molecular flexibility index (Phi) is 5.35. The molecule has 0 amide bonds. The van der Waals surface area contributed by atoms with Crippen molar-refractivity contribution >= 4 is 17.7 Å². The summed E-state index contributed by atoms with van der Waals surface area (Å²) in [6, 6.07) is 7.88. The van der Waals surface area contributed by atoms with Gasteiger partial charge >= 0.3 is 5.97 Å². The van der Waals surface area contributed by atoms with Crippen LogP contribution in [0.1, 0.15) is 32.6 Å². The Morgan fingerprint density at radius 3 is 2.60 bits per heavy atom. The molecule has 0 aromatic heterocycles. The lowest BCUT2D eigenvalue weighted by Crippen LogP contribution is -2.32. The maximum absolute atomic E-state index is 11.4. The van der Waals surface area contributed by atoms with Crippen LogP contribution in [0.3, 0.4) is 0 Å². The Labute approximate surface area is 124 Å². The number of benzene rings is 1. The van der Waals surface area contributed by atoms with Crippen molar-refractivity contribution in [1.82, 2.24) is 0 Å². The number of carboxylic acids is 1. The van der Waals surface area contributed by atoms with Crippen LogP contribution in [0.4, 0.5) is 0 Å². The highest BCUT2D eigenvalue weighted by atomic mass is 32.2. The second kappa shape index (κ2) is 7.02. The van der Waals surface area contributed by atoms with E-state index >= 15 is 0 Å². The molecule has 1 aromatic rings. The molecule has 1 N–H and O–H groups in total. The van der Waals surface area contributed by atoms with E-state index < -0.39 is 5.97 Å². The molecule has 1 aromatic carbocycles. The van der Waals surface area contributed by atoms with Gasteiger partial charge in [0.05, 0.1) is 13.0 Å². The highest BCUT2D eigenvalue weighted by molar-refractivity contribution is 8.00. The Morgan fingerprint density at radius 1 is 1.35 bits per heavy atom. The van der Waals surface area contributed by atoms with Crippen LogP contribution in [-0.2, 0) is 4.79 Å². The van der Waals surface area contributed by atoms with E-state index in [2.05, 4.69) is 6.92 Å². The zero-order chi connectivity index (χ0) is 14.5. The molecule has 20 heavy (non-hydrogen) atoms. The lowest BCUT2D eigenvalue weighted by Gasteiger charge is -2.33. The molecule has 110 valence electrons. The van der Waals surface area contributed by atoms with Crippen molar-refractivity contribution in [2.45, 2.75) is 42.8 Å². The Morgan fingerprint density at radius 2 is 2.05 bits per heavy atom. The fraction of sp³-hybridized carbons (Fsp3) is 0.562. The smallest absolute Gasteiger partial charge is 0.307 e. The summed E-state index contributed by atoms with van der Waals surface area (Å²) in [5.74, 6) is 0.635.